The van der Waals surface area contributed by atoms with Gasteiger partial charge in [0.25, 0.3) is 0 Å². The Kier molecular flexibility index (Phi) is 5.54. The first-order chi connectivity index (χ1) is 12.6. The third-order valence-electron chi connectivity index (χ3n) is 4.53. The van der Waals surface area contributed by atoms with E-state index < -0.39 is 0 Å². The molecule has 0 spiro atoms. The fraction of sp³-hybridized carbons (Fsp3) is 0.421. The molecule has 0 amide bonds. The lowest BCUT2D eigenvalue weighted by molar-refractivity contribution is 0.616. The van der Waals surface area contributed by atoms with Crippen molar-refractivity contribution in [1.29, 1.82) is 5.26 Å². The van der Waals surface area contributed by atoms with Gasteiger partial charge in [0.1, 0.15) is 5.82 Å². The maximum absolute atomic E-state index is 9.13. The van der Waals surface area contributed by atoms with Crippen molar-refractivity contribution in [1.82, 2.24) is 15.3 Å². The number of nitrogens with two attached hydrogens (primary N) is 1. The largest absolute Gasteiger partial charge is 0.399 e. The Labute approximate surface area is 154 Å². The molecule has 1 aliphatic heterocycles. The summed E-state index contributed by atoms with van der Waals surface area (Å²) in [7, 11) is 2.00. The summed E-state index contributed by atoms with van der Waals surface area (Å²) in [6.45, 7) is 4.05. The van der Waals surface area contributed by atoms with Crippen LogP contribution in [0.1, 0.15) is 31.0 Å². The molecule has 26 heavy (non-hydrogen) atoms. The Morgan fingerprint density at radius 3 is 2.85 bits per heavy atom. The molecule has 1 aliphatic rings. The zero-order valence-corrected chi connectivity index (χ0v) is 15.3. The lowest BCUT2D eigenvalue weighted by atomic mass is 10.2. The Bertz CT molecular complexity index is 812. The van der Waals surface area contributed by atoms with Gasteiger partial charge in [-0.3, -0.25) is 0 Å². The van der Waals surface area contributed by atoms with Gasteiger partial charge in [-0.05, 0) is 38.1 Å². The van der Waals surface area contributed by atoms with Gasteiger partial charge in [-0.1, -0.05) is 13.3 Å². The number of nitrogens with zero attached hydrogens (tertiary/aromatic N) is 4. The van der Waals surface area contributed by atoms with Gasteiger partial charge in [-0.2, -0.15) is 10.2 Å². The molecule has 1 fully saturated rings. The molecular weight excluding hydrogens is 326 g/mol. The van der Waals surface area contributed by atoms with Crippen LogP contribution in [0.3, 0.4) is 0 Å². The molecule has 3 rings (SSSR count). The van der Waals surface area contributed by atoms with E-state index >= 15 is 0 Å². The van der Waals surface area contributed by atoms with Gasteiger partial charge < -0.3 is 21.3 Å². The molecule has 0 saturated carbocycles. The monoisotopic (exact) mass is 351 g/mol. The van der Waals surface area contributed by atoms with Crippen LogP contribution in [-0.2, 0) is 6.42 Å². The SMILES string of the molecule is CCCc1cc(N2CC[C@H](NC)C2)nc(Nc2cc(N)cc(C#N)c2)n1. The predicted octanol–water partition coefficient (Wildman–Crippen LogP) is 2.42. The summed E-state index contributed by atoms with van der Waals surface area (Å²) < 4.78 is 0. The van der Waals surface area contributed by atoms with Crippen LogP contribution in [0.2, 0.25) is 0 Å². The summed E-state index contributed by atoms with van der Waals surface area (Å²) in [5, 5.41) is 15.7. The van der Waals surface area contributed by atoms with E-state index in [1.807, 2.05) is 7.05 Å². The highest BCUT2D eigenvalue weighted by molar-refractivity contribution is 5.64. The van der Waals surface area contributed by atoms with Crippen molar-refractivity contribution in [3.05, 3.63) is 35.5 Å². The number of likely N-dealkylation sites (N-methyl/N-ethyl adjacent to an activating group) is 1. The van der Waals surface area contributed by atoms with Gasteiger partial charge in [0.2, 0.25) is 5.95 Å². The van der Waals surface area contributed by atoms with Gasteiger partial charge >= 0.3 is 0 Å². The molecule has 4 N–H and O–H groups in total. The molecule has 2 aromatic rings. The van der Waals surface area contributed by atoms with E-state index in [2.05, 4.69) is 39.6 Å². The topological polar surface area (TPSA) is 103 Å². The third kappa shape index (κ3) is 4.21. The van der Waals surface area contributed by atoms with Crippen LogP contribution in [-0.4, -0.2) is 36.1 Å². The van der Waals surface area contributed by atoms with Gasteiger partial charge in [0.15, 0.2) is 0 Å². The number of nitrogen functional groups attached to an aromatic ring is 1. The highest BCUT2D eigenvalue weighted by atomic mass is 15.3. The van der Waals surface area contributed by atoms with Crippen LogP contribution < -0.4 is 21.3 Å². The van der Waals surface area contributed by atoms with E-state index in [-0.39, 0.29) is 0 Å². The normalized spacial score (nSPS) is 16.5. The van der Waals surface area contributed by atoms with Crippen molar-refractivity contribution in [3.63, 3.8) is 0 Å². The maximum Gasteiger partial charge on any atom is 0.229 e. The number of hydrogen-bond acceptors (Lipinski definition) is 7. The molecule has 1 saturated heterocycles. The quantitative estimate of drug-likeness (QED) is 0.687. The van der Waals surface area contributed by atoms with Gasteiger partial charge in [-0.25, -0.2) is 4.98 Å². The smallest absolute Gasteiger partial charge is 0.229 e. The molecular formula is C19H25N7. The summed E-state index contributed by atoms with van der Waals surface area (Å²) in [5.41, 5.74) is 8.65. The molecule has 0 aliphatic carbocycles. The number of aromatic nitrogens is 2. The number of aryl methyl sites for hydroxylation is 1. The van der Waals surface area contributed by atoms with Crippen LogP contribution in [0.4, 0.5) is 23.1 Å². The van der Waals surface area contributed by atoms with Crippen molar-refractivity contribution >= 4 is 23.1 Å². The summed E-state index contributed by atoms with van der Waals surface area (Å²) in [6, 6.07) is 9.86. The summed E-state index contributed by atoms with van der Waals surface area (Å²) in [4.78, 5) is 11.6. The van der Waals surface area contributed by atoms with Crippen molar-refractivity contribution in [2.24, 2.45) is 0 Å². The number of rotatable bonds is 6. The van der Waals surface area contributed by atoms with E-state index in [1.165, 1.54) is 0 Å². The van der Waals surface area contributed by atoms with Crippen LogP contribution >= 0.6 is 0 Å². The van der Waals surface area contributed by atoms with Gasteiger partial charge in [-0.15, -0.1) is 0 Å². The van der Waals surface area contributed by atoms with Gasteiger partial charge in [0.05, 0.1) is 11.6 Å². The Morgan fingerprint density at radius 2 is 2.15 bits per heavy atom. The molecule has 0 bridgehead atoms. The van der Waals surface area contributed by atoms with E-state index in [9.17, 15) is 0 Å². The first-order valence-corrected chi connectivity index (χ1v) is 8.99. The standard InChI is InChI=1S/C19H25N7/c1-3-4-15-10-18(26-6-5-16(12-26)22-2)25-19(23-15)24-17-8-13(11-20)7-14(21)9-17/h7-10,16,22H,3-6,12,21H2,1-2H3,(H,23,24,25)/t16-/m0/s1. The van der Waals surface area contributed by atoms with E-state index in [4.69, 9.17) is 16.0 Å². The first kappa shape index (κ1) is 18.0. The minimum atomic E-state index is 0.489. The highest BCUT2D eigenvalue weighted by Gasteiger charge is 2.23. The summed E-state index contributed by atoms with van der Waals surface area (Å²) in [6.07, 6.45) is 3.02. The molecule has 1 aromatic carbocycles. The van der Waals surface area contributed by atoms with Crippen LogP contribution in [0.15, 0.2) is 24.3 Å². The molecule has 136 valence electrons. The van der Waals surface area contributed by atoms with E-state index in [1.54, 1.807) is 18.2 Å². The maximum atomic E-state index is 9.13. The number of anilines is 4. The molecule has 7 heteroatoms. The van der Waals surface area contributed by atoms with E-state index in [0.717, 1.165) is 49.6 Å². The van der Waals surface area contributed by atoms with Crippen molar-refractivity contribution < 1.29 is 0 Å². The fourth-order valence-electron chi connectivity index (χ4n) is 3.21. The fourth-order valence-corrected chi connectivity index (χ4v) is 3.21. The lowest BCUT2D eigenvalue weighted by Gasteiger charge is -2.19. The number of nitrogens with one attached hydrogen (secondary N) is 2. The average molecular weight is 351 g/mol. The zero-order valence-electron chi connectivity index (χ0n) is 15.3. The minimum absolute atomic E-state index is 0.489. The van der Waals surface area contributed by atoms with Gasteiger partial charge in [0, 0.05) is 42.3 Å². The second kappa shape index (κ2) is 8.02. The molecule has 0 unspecified atom stereocenters. The number of benzene rings is 1. The van der Waals surface area contributed by atoms with Crippen LogP contribution in [0, 0.1) is 11.3 Å². The Balaban J connectivity index is 1.89. The van der Waals surface area contributed by atoms with Crippen molar-refractivity contribution in [2.75, 3.05) is 36.1 Å². The molecule has 2 heterocycles. The van der Waals surface area contributed by atoms with Crippen molar-refractivity contribution in [2.45, 2.75) is 32.2 Å². The summed E-state index contributed by atoms with van der Waals surface area (Å²) in [5.74, 6) is 1.47. The number of hydrogen-bond donors (Lipinski definition) is 3. The highest BCUT2D eigenvalue weighted by Crippen LogP contribution is 2.24. The van der Waals surface area contributed by atoms with Crippen molar-refractivity contribution in [3.8, 4) is 6.07 Å². The molecule has 1 aromatic heterocycles. The molecule has 1 atom stereocenters. The second-order valence-corrected chi connectivity index (χ2v) is 6.59. The predicted molar refractivity (Wildman–Crippen MR) is 105 cm³/mol. The van der Waals surface area contributed by atoms with Crippen LogP contribution in [0.5, 0.6) is 0 Å². The summed E-state index contributed by atoms with van der Waals surface area (Å²) >= 11 is 0. The average Bonchev–Trinajstić information content (AvgIpc) is 3.10. The van der Waals surface area contributed by atoms with E-state index in [0.29, 0.717) is 23.2 Å². The zero-order chi connectivity index (χ0) is 18.5. The first-order valence-electron chi connectivity index (χ1n) is 8.99. The Morgan fingerprint density at radius 1 is 1.31 bits per heavy atom. The third-order valence-corrected chi connectivity index (χ3v) is 4.53. The second-order valence-electron chi connectivity index (χ2n) is 6.59. The minimum Gasteiger partial charge on any atom is -0.399 e. The Hall–Kier alpha value is -2.85. The molecule has 0 radical (unpaired) electrons. The number of nitriles is 1. The molecule has 7 nitrogen and oxygen atoms in total. The lowest BCUT2D eigenvalue weighted by Crippen LogP contribution is -2.30. The van der Waals surface area contributed by atoms with Crippen LogP contribution in [0.25, 0.3) is 0 Å².